The first-order valence-corrected chi connectivity index (χ1v) is 35.7. The van der Waals surface area contributed by atoms with E-state index in [-0.39, 0.29) is 0 Å². The number of fused-ring (bicyclic) bond motifs is 1. The molecule has 1 aliphatic heterocycles. The van der Waals surface area contributed by atoms with E-state index < -0.39 is 0 Å². The summed E-state index contributed by atoms with van der Waals surface area (Å²) >= 11 is 7.38. The maximum atomic E-state index is 5.66. The van der Waals surface area contributed by atoms with E-state index in [9.17, 15) is 0 Å². The second-order valence-electron chi connectivity index (χ2n) is 22.1. The first-order valence-electron chi connectivity index (χ1n) is 34.1. The van der Waals surface area contributed by atoms with Crippen molar-refractivity contribution in [2.45, 2.75) is 274 Å². The predicted molar refractivity (Wildman–Crippen MR) is 382 cm³/mol. The fourth-order valence-electron chi connectivity index (χ4n) is 8.39. The van der Waals surface area contributed by atoms with Crippen LogP contribution in [0.3, 0.4) is 0 Å². The van der Waals surface area contributed by atoms with E-state index in [0.717, 1.165) is 36.1 Å². The summed E-state index contributed by atoms with van der Waals surface area (Å²) in [5.74, 6) is 0. The normalized spacial score (nSPS) is 12.3. The molecule has 2 fully saturated rings. The second-order valence-corrected chi connectivity index (χ2v) is 23.4. The summed E-state index contributed by atoms with van der Waals surface area (Å²) in [7, 11) is 8.46. The smallest absolute Gasteiger partial charge is 0.136 e. The molecule has 4 aromatic heterocycles. The molecule has 0 bridgehead atoms. The number of nitrogens with one attached hydrogen (secondary N) is 1. The number of thioether (sulfide) groups is 1. The average Bonchev–Trinajstić information content (AvgIpc) is 4.44. The summed E-state index contributed by atoms with van der Waals surface area (Å²) in [6, 6.07) is 18.7. The molecule has 0 amide bonds. The van der Waals surface area contributed by atoms with Crippen molar-refractivity contribution < 1.29 is 0 Å². The summed E-state index contributed by atoms with van der Waals surface area (Å²) in [4.78, 5) is 20.4. The lowest BCUT2D eigenvalue weighted by Gasteiger charge is -2.14. The molecule has 5 heterocycles. The van der Waals surface area contributed by atoms with Gasteiger partial charge >= 0.3 is 0 Å². The number of benzene rings is 1. The molecular weight excluding hydrogens is 1070 g/mol. The molecule has 84 heavy (non-hydrogen) atoms. The third-order valence-corrected chi connectivity index (χ3v) is 14.8. The molecule has 488 valence electrons. The minimum Gasteiger partial charge on any atom is -0.338 e. The van der Waals surface area contributed by atoms with Crippen molar-refractivity contribution in [2.24, 2.45) is 0 Å². The van der Waals surface area contributed by atoms with Crippen LogP contribution in [0.4, 0.5) is 0 Å². The minimum absolute atomic E-state index is 0.799. The van der Waals surface area contributed by atoms with Gasteiger partial charge in [-0.15, -0.1) is 11.8 Å². The Bertz CT molecular complexity index is 1900. The van der Waals surface area contributed by atoms with E-state index in [1.54, 1.807) is 30.5 Å². The molecule has 1 saturated carbocycles. The number of nitrogens with zero attached hydrogens (tertiary/aromatic N) is 8. The Morgan fingerprint density at radius 2 is 1.15 bits per heavy atom. The zero-order chi connectivity index (χ0) is 63.5. The fourth-order valence-corrected chi connectivity index (χ4v) is 8.93. The van der Waals surface area contributed by atoms with E-state index in [4.69, 9.17) is 11.6 Å². The van der Waals surface area contributed by atoms with Crippen molar-refractivity contribution in [3.05, 3.63) is 114 Å². The number of aromatic nitrogens is 5. The molecule has 5 aromatic rings. The van der Waals surface area contributed by atoms with Gasteiger partial charge in [-0.2, -0.15) is 0 Å². The SMILES string of the molecule is CCCC.CCCCC.CCCCCCC.CCCCCN(C)CCC.CCCN(C)C.CCCN1CCCC1.CCc1cccnc1.CCc1cnc2ccccn12.CCn1ccnc1.CNC1CCCCCC1.CSc1ccc(Cl)cc1. The predicted octanol–water partition coefficient (Wildman–Crippen LogP) is 21.4. The first-order chi connectivity index (χ1) is 40.8. The first kappa shape index (κ1) is 87.2. The van der Waals surface area contributed by atoms with E-state index in [2.05, 4.69) is 164 Å². The van der Waals surface area contributed by atoms with Gasteiger partial charge < -0.3 is 29.0 Å². The number of pyridine rings is 2. The lowest BCUT2D eigenvalue weighted by atomic mass is 10.1. The molecule has 2 aliphatic rings. The lowest BCUT2D eigenvalue weighted by Crippen LogP contribution is -2.23. The van der Waals surface area contributed by atoms with Gasteiger partial charge in [0, 0.05) is 65.4 Å². The highest BCUT2D eigenvalue weighted by Crippen LogP contribution is 2.18. The Hall–Kier alpha value is -3.25. The van der Waals surface area contributed by atoms with Crippen molar-refractivity contribution >= 4 is 29.0 Å². The highest BCUT2D eigenvalue weighted by atomic mass is 35.5. The number of aryl methyl sites for hydroxylation is 3. The van der Waals surface area contributed by atoms with Crippen molar-refractivity contribution in [2.75, 3.05) is 73.7 Å². The molecule has 0 spiro atoms. The zero-order valence-electron chi connectivity index (χ0n) is 58.5. The molecule has 0 unspecified atom stereocenters. The lowest BCUT2D eigenvalue weighted by molar-refractivity contribution is 0.326. The summed E-state index contributed by atoms with van der Waals surface area (Å²) < 4.78 is 4.12. The van der Waals surface area contributed by atoms with Crippen molar-refractivity contribution in [3.63, 3.8) is 0 Å². The highest BCUT2D eigenvalue weighted by molar-refractivity contribution is 7.98. The van der Waals surface area contributed by atoms with E-state index in [1.807, 2.05) is 84.1 Å². The van der Waals surface area contributed by atoms with Gasteiger partial charge in [0.25, 0.3) is 0 Å². The van der Waals surface area contributed by atoms with Crippen LogP contribution < -0.4 is 5.32 Å². The monoisotopic (exact) mass is 1210 g/mol. The third kappa shape index (κ3) is 60.4. The third-order valence-electron chi connectivity index (χ3n) is 13.8. The van der Waals surface area contributed by atoms with E-state index in [0.29, 0.717) is 0 Å². The number of hydrogen-bond donors (Lipinski definition) is 1. The van der Waals surface area contributed by atoms with Crippen molar-refractivity contribution in [1.29, 1.82) is 0 Å². The van der Waals surface area contributed by atoms with Crippen LogP contribution in [0.5, 0.6) is 0 Å². The number of unbranched alkanes of at least 4 members (excludes halogenated alkanes) is 9. The van der Waals surface area contributed by atoms with Crippen LogP contribution in [0.25, 0.3) is 5.65 Å². The maximum absolute atomic E-state index is 5.66. The summed E-state index contributed by atoms with van der Waals surface area (Å²) in [5, 5.41) is 4.14. The Labute approximate surface area is 532 Å². The van der Waals surface area contributed by atoms with Crippen LogP contribution in [0.1, 0.15) is 255 Å². The highest BCUT2D eigenvalue weighted by Gasteiger charge is 2.09. The van der Waals surface area contributed by atoms with Crippen LogP contribution in [0.2, 0.25) is 5.02 Å². The fraction of sp³-hybridized carbons (Fsp3) is 0.712. The Morgan fingerprint density at radius 3 is 1.55 bits per heavy atom. The largest absolute Gasteiger partial charge is 0.338 e. The Morgan fingerprint density at radius 1 is 0.560 bits per heavy atom. The van der Waals surface area contributed by atoms with Crippen molar-refractivity contribution in [3.8, 4) is 0 Å². The Kier molecular flexibility index (Phi) is 73.2. The minimum atomic E-state index is 0.799. The standard InChI is InChI=1S/C9H10N2.C9H21N.C8H17N.C7H7ClS.C7H9N.C7H15N.C7H16.C5H8N2.C5H13N.C5H12.C4H10/c1-2-8-7-10-9-5-3-4-6-11(8)9;1-4-6-7-9-10(3)8-5-2;1-9-8-6-4-2-3-5-7-8;1-9-7-4-2-6(8)3-5-7;1-2-7-4-3-5-8-6-7;1-2-5-8-6-3-4-7-8;1-3-5-7-6-4-2;1-2-7-4-3-6-5-7;1-4-5-6(2)3;1-3-5-4-2;1-3-4-2/h3-7H,2H2,1H3;4-9H2,1-3H3;8-9H,2-7H2,1H3;2-5H,1H3;3-6H,2H2,1H3;2-7H2,1H3;3-7H2,1-2H3;3-5H,2H2,1H3;4-5H2,1-3H3;3-5H2,1-2H3;3-4H2,1-2H3. The zero-order valence-corrected chi connectivity index (χ0v) is 60.1. The molecule has 9 nitrogen and oxygen atoms in total. The number of hydrogen-bond acceptors (Lipinski definition) is 8. The van der Waals surface area contributed by atoms with Crippen LogP contribution in [-0.2, 0) is 19.4 Å². The Balaban J connectivity index is -0.000000423. The summed E-state index contributed by atoms with van der Waals surface area (Å²) in [5.41, 5.74) is 3.59. The van der Waals surface area contributed by atoms with Gasteiger partial charge in [0.05, 0.1) is 6.33 Å². The van der Waals surface area contributed by atoms with Gasteiger partial charge in [-0.3, -0.25) is 4.98 Å². The molecule has 0 atom stereocenters. The summed E-state index contributed by atoms with van der Waals surface area (Å²) in [6.45, 7) is 37.3. The number of imidazole rings is 2. The molecule has 1 N–H and O–H groups in total. The molecule has 1 aromatic carbocycles. The van der Waals surface area contributed by atoms with Gasteiger partial charge in [-0.05, 0) is 193 Å². The molecule has 1 saturated heterocycles. The molecule has 1 aliphatic carbocycles. The van der Waals surface area contributed by atoms with Crippen molar-refractivity contribution in [1.82, 2.24) is 43.9 Å². The van der Waals surface area contributed by atoms with Gasteiger partial charge in [0.2, 0.25) is 0 Å². The van der Waals surface area contributed by atoms with Gasteiger partial charge in [0.15, 0.2) is 0 Å². The quantitative estimate of drug-likeness (QED) is 0.0418. The van der Waals surface area contributed by atoms with Crippen LogP contribution in [0.15, 0.2) is 103 Å². The molecule has 0 radical (unpaired) electrons. The second kappa shape index (κ2) is 70.5. The van der Waals surface area contributed by atoms with Gasteiger partial charge in [-0.25, -0.2) is 9.97 Å². The molecular formula is C73H138ClN9S. The van der Waals surface area contributed by atoms with Crippen LogP contribution in [0, 0.1) is 0 Å². The molecule has 11 heteroatoms. The van der Waals surface area contributed by atoms with Crippen LogP contribution in [-0.4, -0.2) is 118 Å². The summed E-state index contributed by atoms with van der Waals surface area (Å²) in [6.07, 6.45) is 50.4. The number of likely N-dealkylation sites (tertiary alicyclic amines) is 1. The average molecular weight is 1210 g/mol. The molecule has 7 rings (SSSR count). The number of halogens is 1. The number of rotatable bonds is 22. The van der Waals surface area contributed by atoms with Gasteiger partial charge in [0.1, 0.15) is 5.65 Å². The van der Waals surface area contributed by atoms with Crippen LogP contribution >= 0.6 is 23.4 Å². The maximum Gasteiger partial charge on any atom is 0.136 e. The van der Waals surface area contributed by atoms with E-state index in [1.165, 1.54) is 210 Å². The van der Waals surface area contributed by atoms with Gasteiger partial charge in [-0.1, -0.05) is 210 Å². The van der Waals surface area contributed by atoms with E-state index >= 15 is 0 Å². The topological polar surface area (TPSA) is 69.8 Å².